The lowest BCUT2D eigenvalue weighted by molar-refractivity contribution is 0.0967. The Hall–Kier alpha value is -0.743. The van der Waals surface area contributed by atoms with Crippen LogP contribution >= 0.6 is 0 Å². The first kappa shape index (κ1) is 22.0. The molecule has 0 N–H and O–H groups in total. The molecule has 1 aromatic rings. The Labute approximate surface area is 171 Å². The maximum absolute atomic E-state index is 13.5. The van der Waals surface area contributed by atoms with Gasteiger partial charge in [0.2, 0.25) is 0 Å². The van der Waals surface area contributed by atoms with Gasteiger partial charge in [-0.2, -0.15) is 0 Å². The number of ether oxygens (including phenoxy) is 1. The molecule has 4 heteroatoms. The van der Waals surface area contributed by atoms with Crippen molar-refractivity contribution in [1.29, 1.82) is 0 Å². The summed E-state index contributed by atoms with van der Waals surface area (Å²) in [6.45, 7) is 5.43. The monoisotopic (exact) mass is 408 g/mol. The molecule has 0 radical (unpaired) electrons. The van der Waals surface area contributed by atoms with E-state index in [1.807, 2.05) is 0 Å². The molecule has 1 aliphatic carbocycles. The van der Waals surface area contributed by atoms with Gasteiger partial charge in [-0.1, -0.05) is 44.3 Å². The third kappa shape index (κ3) is 5.88. The van der Waals surface area contributed by atoms with E-state index in [1.165, 1.54) is 69.2 Å². The maximum Gasteiger partial charge on any atom is 0.159 e. The fourth-order valence-electron chi connectivity index (χ4n) is 5.63. The minimum absolute atomic E-state index is 0.393. The average molecular weight is 409 g/mol. The zero-order valence-corrected chi connectivity index (χ0v) is 18.9. The second-order valence-electron chi connectivity index (χ2n) is 9.23. The number of benzene rings is 1. The van der Waals surface area contributed by atoms with Gasteiger partial charge in [0.1, 0.15) is 0 Å². The molecule has 0 bridgehead atoms. The molecule has 1 aromatic carbocycles. The van der Waals surface area contributed by atoms with Crippen LogP contribution < -0.4 is 0 Å². The topological polar surface area (TPSA) is 9.23 Å². The van der Waals surface area contributed by atoms with Crippen molar-refractivity contribution >= 4 is 8.80 Å². The van der Waals surface area contributed by atoms with Gasteiger partial charge in [0.05, 0.1) is 8.80 Å². The SMILES string of the molecule is CCOC(CCC(C)C1CCC(c2ccc(F)c(F)c2)CC1)[SiH]1CCCCC1. The molecule has 1 aliphatic heterocycles. The van der Waals surface area contributed by atoms with Crippen molar-refractivity contribution in [3.63, 3.8) is 0 Å². The quantitative estimate of drug-likeness (QED) is 0.420. The van der Waals surface area contributed by atoms with Crippen LogP contribution in [0.3, 0.4) is 0 Å². The summed E-state index contributed by atoms with van der Waals surface area (Å²) in [5.74, 6) is 0.464. The van der Waals surface area contributed by atoms with Crippen molar-refractivity contribution in [2.45, 2.75) is 95.4 Å². The molecule has 1 saturated carbocycles. The van der Waals surface area contributed by atoms with Crippen LogP contribution in [-0.4, -0.2) is 21.1 Å². The highest BCUT2D eigenvalue weighted by molar-refractivity contribution is 6.60. The molecule has 0 amide bonds. The van der Waals surface area contributed by atoms with Gasteiger partial charge >= 0.3 is 0 Å². The number of halogens is 2. The first-order valence-electron chi connectivity index (χ1n) is 11.6. The molecule has 1 saturated heterocycles. The highest BCUT2D eigenvalue weighted by Crippen LogP contribution is 2.40. The predicted octanol–water partition coefficient (Wildman–Crippen LogP) is 7.01. The highest BCUT2D eigenvalue weighted by Gasteiger charge is 2.29. The van der Waals surface area contributed by atoms with Crippen molar-refractivity contribution in [3.05, 3.63) is 35.4 Å². The van der Waals surface area contributed by atoms with E-state index in [2.05, 4.69) is 13.8 Å². The van der Waals surface area contributed by atoms with Crippen LogP contribution in [0.15, 0.2) is 18.2 Å². The van der Waals surface area contributed by atoms with Gasteiger partial charge in [0.15, 0.2) is 11.6 Å². The summed E-state index contributed by atoms with van der Waals surface area (Å²) >= 11 is 0. The van der Waals surface area contributed by atoms with Crippen LogP contribution in [0, 0.1) is 23.5 Å². The van der Waals surface area contributed by atoms with Crippen molar-refractivity contribution in [3.8, 4) is 0 Å². The van der Waals surface area contributed by atoms with Crippen LogP contribution in [0.5, 0.6) is 0 Å². The molecule has 28 heavy (non-hydrogen) atoms. The summed E-state index contributed by atoms with van der Waals surface area (Å²) in [7, 11) is -0.709. The molecule has 1 heterocycles. The summed E-state index contributed by atoms with van der Waals surface area (Å²) in [5.41, 5.74) is 1.57. The second kappa shape index (κ2) is 10.9. The molecule has 0 aromatic heterocycles. The van der Waals surface area contributed by atoms with Crippen molar-refractivity contribution in [2.75, 3.05) is 6.61 Å². The van der Waals surface area contributed by atoms with Crippen molar-refractivity contribution in [1.82, 2.24) is 0 Å². The third-order valence-corrected chi connectivity index (χ3v) is 11.3. The second-order valence-corrected chi connectivity index (χ2v) is 12.7. The van der Waals surface area contributed by atoms with Crippen molar-refractivity contribution < 1.29 is 13.5 Å². The molecule has 2 aliphatic rings. The highest BCUT2D eigenvalue weighted by atomic mass is 28.3. The minimum Gasteiger partial charge on any atom is -0.382 e. The third-order valence-electron chi connectivity index (χ3n) is 7.45. The van der Waals surface area contributed by atoms with Crippen LogP contribution in [0.25, 0.3) is 0 Å². The molecule has 2 unspecified atom stereocenters. The van der Waals surface area contributed by atoms with E-state index in [-0.39, 0.29) is 0 Å². The molecule has 0 spiro atoms. The Balaban J connectivity index is 1.46. The average Bonchev–Trinajstić information content (AvgIpc) is 2.73. The summed E-state index contributed by atoms with van der Waals surface area (Å²) in [6.07, 6.45) is 11.5. The van der Waals surface area contributed by atoms with Gasteiger partial charge < -0.3 is 4.74 Å². The molecule has 158 valence electrons. The van der Waals surface area contributed by atoms with Gasteiger partial charge in [-0.25, -0.2) is 8.78 Å². The number of rotatable bonds is 8. The maximum atomic E-state index is 13.5. The van der Waals surface area contributed by atoms with Gasteiger partial charge in [-0.15, -0.1) is 0 Å². The summed E-state index contributed by atoms with van der Waals surface area (Å²) < 4.78 is 32.9. The zero-order chi connectivity index (χ0) is 19.9. The molecular formula is C24H38F2OSi. The fraction of sp³-hybridized carbons (Fsp3) is 0.750. The van der Waals surface area contributed by atoms with E-state index in [0.29, 0.717) is 11.6 Å². The molecule has 1 nitrogen and oxygen atoms in total. The molecule has 2 atom stereocenters. The van der Waals surface area contributed by atoms with E-state index >= 15 is 0 Å². The van der Waals surface area contributed by atoms with Crippen LogP contribution in [0.4, 0.5) is 8.78 Å². The van der Waals surface area contributed by atoms with E-state index in [0.717, 1.165) is 36.8 Å². The van der Waals surface area contributed by atoms with Gasteiger partial charge in [0.25, 0.3) is 0 Å². The zero-order valence-electron chi connectivity index (χ0n) is 17.8. The standard InChI is InChI=1S/C24H38F2OSi/c1-3-27-24(28-15-5-4-6-16-28)14-7-18(2)19-8-10-20(11-9-19)21-12-13-22(25)23(26)17-21/h12-13,17-20,24,28H,3-11,14-16H2,1-2H3. The lowest BCUT2D eigenvalue weighted by Gasteiger charge is -2.34. The minimum atomic E-state index is -0.739. The van der Waals surface area contributed by atoms with Gasteiger partial charge in [0, 0.05) is 12.3 Å². The normalized spacial score (nSPS) is 26.1. The Bertz CT molecular complexity index is 594. The van der Waals surface area contributed by atoms with Crippen LogP contribution in [0.1, 0.15) is 83.1 Å². The van der Waals surface area contributed by atoms with E-state index in [1.54, 1.807) is 6.07 Å². The summed E-state index contributed by atoms with van der Waals surface area (Å²) in [5, 5.41) is 0. The Morgan fingerprint density at radius 2 is 1.71 bits per heavy atom. The van der Waals surface area contributed by atoms with Crippen LogP contribution in [-0.2, 0) is 4.74 Å². The number of hydrogen-bond acceptors (Lipinski definition) is 1. The largest absolute Gasteiger partial charge is 0.382 e. The Morgan fingerprint density at radius 1 is 1.00 bits per heavy atom. The number of hydrogen-bond donors (Lipinski definition) is 0. The fourth-order valence-corrected chi connectivity index (χ4v) is 9.41. The summed E-state index contributed by atoms with van der Waals surface area (Å²) in [4.78, 5) is 0. The van der Waals surface area contributed by atoms with Crippen molar-refractivity contribution in [2.24, 2.45) is 11.8 Å². The lowest BCUT2D eigenvalue weighted by Crippen LogP contribution is -2.35. The Kier molecular flexibility index (Phi) is 8.52. The van der Waals surface area contributed by atoms with E-state index in [4.69, 9.17) is 4.74 Å². The molecule has 3 rings (SSSR count). The van der Waals surface area contributed by atoms with Gasteiger partial charge in [-0.3, -0.25) is 0 Å². The predicted molar refractivity (Wildman–Crippen MR) is 115 cm³/mol. The molecular weight excluding hydrogens is 370 g/mol. The lowest BCUT2D eigenvalue weighted by atomic mass is 9.73. The smallest absolute Gasteiger partial charge is 0.159 e. The first-order valence-corrected chi connectivity index (χ1v) is 13.9. The molecule has 2 fully saturated rings. The van der Waals surface area contributed by atoms with Crippen LogP contribution in [0.2, 0.25) is 12.1 Å². The summed E-state index contributed by atoms with van der Waals surface area (Å²) in [6, 6.07) is 7.43. The Morgan fingerprint density at radius 3 is 2.36 bits per heavy atom. The van der Waals surface area contributed by atoms with E-state index in [9.17, 15) is 8.78 Å². The van der Waals surface area contributed by atoms with Gasteiger partial charge in [-0.05, 0) is 80.9 Å². The van der Waals surface area contributed by atoms with E-state index < -0.39 is 20.4 Å². The first-order chi connectivity index (χ1) is 13.6.